The third-order valence-electron chi connectivity index (χ3n) is 4.76. The molecule has 1 saturated heterocycles. The van der Waals surface area contributed by atoms with E-state index >= 15 is 0 Å². The lowest BCUT2D eigenvalue weighted by Crippen LogP contribution is -2.39. The Balaban J connectivity index is 1.66. The Morgan fingerprint density at radius 2 is 1.78 bits per heavy atom. The summed E-state index contributed by atoms with van der Waals surface area (Å²) >= 11 is 0. The van der Waals surface area contributed by atoms with Crippen molar-refractivity contribution >= 4 is 27.4 Å². The highest BCUT2D eigenvalue weighted by Gasteiger charge is 2.28. The number of nitrogens with one attached hydrogen (secondary N) is 2. The summed E-state index contributed by atoms with van der Waals surface area (Å²) in [6.07, 6.45) is 1.95. The van der Waals surface area contributed by atoms with Crippen LogP contribution in [0.4, 0.5) is 16.2 Å². The van der Waals surface area contributed by atoms with Gasteiger partial charge in [0.1, 0.15) is 0 Å². The van der Waals surface area contributed by atoms with Gasteiger partial charge in [0, 0.05) is 24.5 Å². The van der Waals surface area contributed by atoms with Crippen LogP contribution in [0.2, 0.25) is 0 Å². The van der Waals surface area contributed by atoms with Crippen LogP contribution in [-0.2, 0) is 10.0 Å². The molecule has 0 aliphatic carbocycles. The predicted octanol–water partition coefficient (Wildman–Crippen LogP) is 4.06. The second kappa shape index (κ2) is 8.10. The Morgan fingerprint density at radius 3 is 2.44 bits per heavy atom. The number of piperidine rings is 1. The summed E-state index contributed by atoms with van der Waals surface area (Å²) in [6.45, 7) is 5.10. The number of nitrogens with zero attached hydrogens (tertiary/aromatic N) is 1. The third kappa shape index (κ3) is 4.67. The molecule has 2 amide bonds. The molecule has 2 aromatic rings. The van der Waals surface area contributed by atoms with Gasteiger partial charge in [0.2, 0.25) is 10.0 Å². The number of hydrogen-bond donors (Lipinski definition) is 2. The normalized spacial score (nSPS) is 18.1. The van der Waals surface area contributed by atoms with Gasteiger partial charge in [-0.25, -0.2) is 13.2 Å². The van der Waals surface area contributed by atoms with Gasteiger partial charge in [0.05, 0.1) is 4.90 Å². The number of rotatable bonds is 4. The van der Waals surface area contributed by atoms with E-state index in [0.29, 0.717) is 24.7 Å². The molecule has 2 N–H and O–H groups in total. The summed E-state index contributed by atoms with van der Waals surface area (Å²) in [4.78, 5) is 12.4. The zero-order valence-corrected chi connectivity index (χ0v) is 16.4. The standard InChI is InChI=1S/C20H25N3O3S/c1-15-6-5-13-23(14-15)27(25,26)18-11-9-17(10-12-18)21-20(24)22-19-8-4-3-7-16(19)2/h3-4,7-12,15H,5-6,13-14H2,1-2H3,(H2,21,22,24). The zero-order chi connectivity index (χ0) is 19.4. The maximum atomic E-state index is 12.8. The minimum atomic E-state index is -3.49. The fourth-order valence-electron chi connectivity index (χ4n) is 3.22. The van der Waals surface area contributed by atoms with E-state index in [1.54, 1.807) is 16.4 Å². The molecule has 0 spiro atoms. The highest BCUT2D eigenvalue weighted by molar-refractivity contribution is 7.89. The Bertz CT molecular complexity index is 910. The van der Waals surface area contributed by atoms with Gasteiger partial charge < -0.3 is 10.6 Å². The van der Waals surface area contributed by atoms with Crippen LogP contribution >= 0.6 is 0 Å². The molecule has 1 aliphatic heterocycles. The van der Waals surface area contributed by atoms with E-state index in [4.69, 9.17) is 0 Å². The highest BCUT2D eigenvalue weighted by atomic mass is 32.2. The molecule has 2 aromatic carbocycles. The number of anilines is 2. The molecule has 0 aromatic heterocycles. The van der Waals surface area contributed by atoms with Crippen molar-refractivity contribution in [1.29, 1.82) is 0 Å². The maximum Gasteiger partial charge on any atom is 0.323 e. The molecular formula is C20H25N3O3S. The number of hydrogen-bond acceptors (Lipinski definition) is 3. The van der Waals surface area contributed by atoms with Gasteiger partial charge in [-0.1, -0.05) is 25.1 Å². The van der Waals surface area contributed by atoms with Gasteiger partial charge in [-0.15, -0.1) is 0 Å². The van der Waals surface area contributed by atoms with Gasteiger partial charge in [-0.2, -0.15) is 4.31 Å². The first-order valence-corrected chi connectivity index (χ1v) is 10.5. The van der Waals surface area contributed by atoms with E-state index in [1.165, 1.54) is 12.1 Å². The lowest BCUT2D eigenvalue weighted by molar-refractivity contribution is 0.262. The summed E-state index contributed by atoms with van der Waals surface area (Å²) < 4.78 is 27.1. The van der Waals surface area contributed by atoms with Gasteiger partial charge >= 0.3 is 6.03 Å². The van der Waals surface area contributed by atoms with Gasteiger partial charge in [-0.3, -0.25) is 0 Å². The fraction of sp³-hybridized carbons (Fsp3) is 0.350. The Hall–Kier alpha value is -2.38. The van der Waals surface area contributed by atoms with Crippen molar-refractivity contribution in [3.05, 3.63) is 54.1 Å². The quantitative estimate of drug-likeness (QED) is 0.830. The average Bonchev–Trinajstić information content (AvgIpc) is 2.64. The van der Waals surface area contributed by atoms with Crippen LogP contribution in [-0.4, -0.2) is 31.8 Å². The first-order valence-electron chi connectivity index (χ1n) is 9.10. The smallest absolute Gasteiger partial charge is 0.308 e. The molecule has 3 rings (SSSR count). The number of carbonyl (C=O) groups excluding carboxylic acids is 1. The number of para-hydroxylation sites is 1. The molecule has 1 heterocycles. The van der Waals surface area contributed by atoms with Crippen LogP contribution in [0.25, 0.3) is 0 Å². The summed E-state index contributed by atoms with van der Waals surface area (Å²) in [5.41, 5.74) is 2.23. The average molecular weight is 388 g/mol. The second-order valence-electron chi connectivity index (χ2n) is 7.03. The van der Waals surface area contributed by atoms with Crippen LogP contribution in [0.1, 0.15) is 25.3 Å². The largest absolute Gasteiger partial charge is 0.323 e. The molecule has 0 radical (unpaired) electrons. The first kappa shape index (κ1) is 19.4. The minimum absolute atomic E-state index is 0.251. The van der Waals surface area contributed by atoms with Crippen LogP contribution < -0.4 is 10.6 Å². The van der Waals surface area contributed by atoms with Crippen LogP contribution in [0.15, 0.2) is 53.4 Å². The lowest BCUT2D eigenvalue weighted by atomic mass is 10.0. The van der Waals surface area contributed by atoms with E-state index in [2.05, 4.69) is 17.6 Å². The zero-order valence-electron chi connectivity index (χ0n) is 15.6. The van der Waals surface area contributed by atoms with Crippen molar-refractivity contribution in [2.45, 2.75) is 31.6 Å². The van der Waals surface area contributed by atoms with Crippen LogP contribution in [0.3, 0.4) is 0 Å². The summed E-state index contributed by atoms with van der Waals surface area (Å²) in [6, 6.07) is 13.4. The number of urea groups is 1. The molecule has 27 heavy (non-hydrogen) atoms. The van der Waals surface area contributed by atoms with E-state index < -0.39 is 10.0 Å². The van der Waals surface area contributed by atoms with E-state index in [1.807, 2.05) is 31.2 Å². The number of sulfonamides is 1. The summed E-state index contributed by atoms with van der Waals surface area (Å²) in [7, 11) is -3.49. The SMILES string of the molecule is Cc1ccccc1NC(=O)Nc1ccc(S(=O)(=O)N2CCCC(C)C2)cc1. The van der Waals surface area contributed by atoms with Gasteiger partial charge in [-0.05, 0) is 61.6 Å². The van der Waals surface area contributed by atoms with Crippen molar-refractivity contribution in [2.24, 2.45) is 5.92 Å². The monoisotopic (exact) mass is 387 g/mol. The topological polar surface area (TPSA) is 78.5 Å². The molecule has 1 atom stereocenters. The molecule has 144 valence electrons. The van der Waals surface area contributed by atoms with Crippen LogP contribution in [0.5, 0.6) is 0 Å². The molecule has 0 saturated carbocycles. The Kier molecular flexibility index (Phi) is 5.82. The maximum absolute atomic E-state index is 12.8. The van der Waals surface area contributed by atoms with E-state index in [9.17, 15) is 13.2 Å². The van der Waals surface area contributed by atoms with Crippen LogP contribution in [0, 0.1) is 12.8 Å². The van der Waals surface area contributed by atoms with Crippen molar-refractivity contribution in [2.75, 3.05) is 23.7 Å². The number of benzene rings is 2. The lowest BCUT2D eigenvalue weighted by Gasteiger charge is -2.30. The van der Waals surface area contributed by atoms with Crippen molar-refractivity contribution < 1.29 is 13.2 Å². The summed E-state index contributed by atoms with van der Waals surface area (Å²) in [5, 5.41) is 5.51. The Morgan fingerprint density at radius 1 is 1.07 bits per heavy atom. The molecular weight excluding hydrogens is 362 g/mol. The minimum Gasteiger partial charge on any atom is -0.308 e. The predicted molar refractivity (Wildman–Crippen MR) is 107 cm³/mol. The molecule has 1 unspecified atom stereocenters. The number of aryl methyl sites for hydroxylation is 1. The molecule has 6 nitrogen and oxygen atoms in total. The Labute approximate surface area is 160 Å². The molecule has 7 heteroatoms. The fourth-order valence-corrected chi connectivity index (χ4v) is 4.82. The molecule has 1 aliphatic rings. The third-order valence-corrected chi connectivity index (χ3v) is 6.64. The van der Waals surface area contributed by atoms with E-state index in [-0.39, 0.29) is 10.9 Å². The summed E-state index contributed by atoms with van der Waals surface area (Å²) in [5.74, 6) is 0.375. The van der Waals surface area contributed by atoms with Gasteiger partial charge in [0.25, 0.3) is 0 Å². The van der Waals surface area contributed by atoms with E-state index in [0.717, 1.165) is 24.1 Å². The number of carbonyl (C=O) groups is 1. The van der Waals surface area contributed by atoms with Crippen molar-refractivity contribution in [3.8, 4) is 0 Å². The first-order chi connectivity index (χ1) is 12.9. The van der Waals surface area contributed by atoms with Crippen molar-refractivity contribution in [1.82, 2.24) is 4.31 Å². The van der Waals surface area contributed by atoms with Crippen molar-refractivity contribution in [3.63, 3.8) is 0 Å². The molecule has 0 bridgehead atoms. The van der Waals surface area contributed by atoms with Gasteiger partial charge in [0.15, 0.2) is 0 Å². The highest BCUT2D eigenvalue weighted by Crippen LogP contribution is 2.24. The number of amides is 2. The molecule has 1 fully saturated rings. The second-order valence-corrected chi connectivity index (χ2v) is 8.97.